The summed E-state index contributed by atoms with van der Waals surface area (Å²) in [5, 5.41) is 5.82. The molecule has 0 radical (unpaired) electrons. The van der Waals surface area contributed by atoms with Crippen LogP contribution in [0.5, 0.6) is 5.75 Å². The second kappa shape index (κ2) is 10.3. The van der Waals surface area contributed by atoms with Gasteiger partial charge in [0.15, 0.2) is 0 Å². The molecule has 3 aromatic rings. The minimum absolute atomic E-state index is 0.262. The second-order valence-corrected chi connectivity index (χ2v) is 6.98. The maximum absolute atomic E-state index is 13.1. The third kappa shape index (κ3) is 5.70. The zero-order chi connectivity index (χ0) is 21.3. The summed E-state index contributed by atoms with van der Waals surface area (Å²) in [4.78, 5) is 25.9. The highest BCUT2D eigenvalue weighted by Gasteiger charge is 2.22. The lowest BCUT2D eigenvalue weighted by atomic mass is 10.0. The van der Waals surface area contributed by atoms with Gasteiger partial charge in [-0.2, -0.15) is 0 Å². The van der Waals surface area contributed by atoms with Crippen LogP contribution < -0.4 is 15.4 Å². The Morgan fingerprint density at radius 3 is 2.40 bits per heavy atom. The number of carbonyl (C=O) groups is 2. The van der Waals surface area contributed by atoms with E-state index in [1.54, 1.807) is 24.3 Å². The largest absolute Gasteiger partial charge is 0.494 e. The molecule has 154 valence electrons. The van der Waals surface area contributed by atoms with Gasteiger partial charge in [0, 0.05) is 17.7 Å². The van der Waals surface area contributed by atoms with Crippen molar-refractivity contribution in [3.63, 3.8) is 0 Å². The zero-order valence-electron chi connectivity index (χ0n) is 17.2. The van der Waals surface area contributed by atoms with Crippen LogP contribution in [0.1, 0.15) is 28.4 Å². The first kappa shape index (κ1) is 21.1. The predicted molar refractivity (Wildman–Crippen MR) is 119 cm³/mol. The number of carbonyl (C=O) groups excluding carboxylic acids is 2. The van der Waals surface area contributed by atoms with E-state index in [4.69, 9.17) is 4.74 Å². The molecule has 5 nitrogen and oxygen atoms in total. The van der Waals surface area contributed by atoms with E-state index in [0.717, 1.165) is 16.8 Å². The first-order valence-electron chi connectivity index (χ1n) is 10.0. The van der Waals surface area contributed by atoms with E-state index >= 15 is 0 Å². The van der Waals surface area contributed by atoms with Crippen molar-refractivity contribution in [1.82, 2.24) is 5.32 Å². The molecule has 0 fully saturated rings. The number of benzene rings is 3. The molecule has 0 saturated carbocycles. The first-order chi connectivity index (χ1) is 14.6. The van der Waals surface area contributed by atoms with Gasteiger partial charge in [-0.1, -0.05) is 54.6 Å². The Morgan fingerprint density at radius 1 is 0.933 bits per heavy atom. The summed E-state index contributed by atoms with van der Waals surface area (Å²) in [6.45, 7) is 4.33. The van der Waals surface area contributed by atoms with Gasteiger partial charge in [-0.15, -0.1) is 0 Å². The Kier molecular flexibility index (Phi) is 7.22. The highest BCUT2D eigenvalue weighted by atomic mass is 16.5. The SMILES string of the molecule is CCOc1cccc(C(=O)NC(Cc2ccccc2)C(=O)Nc2ccccc2C)c1. The van der Waals surface area contributed by atoms with Crippen LogP contribution in [-0.2, 0) is 11.2 Å². The van der Waals surface area contributed by atoms with Gasteiger partial charge in [-0.3, -0.25) is 9.59 Å². The zero-order valence-corrected chi connectivity index (χ0v) is 17.2. The number of rotatable bonds is 8. The summed E-state index contributed by atoms with van der Waals surface area (Å²) < 4.78 is 5.48. The molecule has 0 heterocycles. The Balaban J connectivity index is 1.80. The Bertz CT molecular complexity index is 1000. The van der Waals surface area contributed by atoms with E-state index in [-0.39, 0.29) is 11.8 Å². The van der Waals surface area contributed by atoms with Gasteiger partial charge >= 0.3 is 0 Å². The number of anilines is 1. The van der Waals surface area contributed by atoms with Crippen LogP contribution in [0.25, 0.3) is 0 Å². The lowest BCUT2D eigenvalue weighted by Crippen LogP contribution is -2.45. The molecule has 2 N–H and O–H groups in total. The van der Waals surface area contributed by atoms with Gasteiger partial charge in [0.1, 0.15) is 11.8 Å². The molecule has 0 aliphatic carbocycles. The number of nitrogens with one attached hydrogen (secondary N) is 2. The number of para-hydroxylation sites is 1. The third-order valence-electron chi connectivity index (χ3n) is 4.71. The Hall–Kier alpha value is -3.60. The molecule has 0 aliphatic heterocycles. The average molecular weight is 402 g/mol. The molecule has 0 bridgehead atoms. The number of hydrogen-bond donors (Lipinski definition) is 2. The monoisotopic (exact) mass is 402 g/mol. The van der Waals surface area contributed by atoms with Crippen molar-refractivity contribution in [2.24, 2.45) is 0 Å². The predicted octanol–water partition coefficient (Wildman–Crippen LogP) is 4.37. The van der Waals surface area contributed by atoms with Crippen LogP contribution in [0.15, 0.2) is 78.9 Å². The molecule has 0 saturated heterocycles. The summed E-state index contributed by atoms with van der Waals surface area (Å²) in [5.74, 6) is 0.0361. The number of hydrogen-bond acceptors (Lipinski definition) is 3. The minimum atomic E-state index is -0.727. The highest BCUT2D eigenvalue weighted by Crippen LogP contribution is 2.16. The molecule has 30 heavy (non-hydrogen) atoms. The molecule has 1 atom stereocenters. The number of aryl methyl sites for hydroxylation is 1. The summed E-state index contributed by atoms with van der Waals surface area (Å²) in [5.41, 5.74) is 3.10. The minimum Gasteiger partial charge on any atom is -0.494 e. The normalized spacial score (nSPS) is 11.4. The fraction of sp³-hybridized carbons (Fsp3) is 0.200. The topological polar surface area (TPSA) is 67.4 Å². The molecular formula is C25H26N2O3. The van der Waals surface area contributed by atoms with Crippen LogP contribution in [-0.4, -0.2) is 24.5 Å². The lowest BCUT2D eigenvalue weighted by Gasteiger charge is -2.20. The molecular weight excluding hydrogens is 376 g/mol. The van der Waals surface area contributed by atoms with Crippen molar-refractivity contribution in [2.75, 3.05) is 11.9 Å². The fourth-order valence-electron chi connectivity index (χ4n) is 3.13. The van der Waals surface area contributed by atoms with Gasteiger partial charge in [0.05, 0.1) is 6.61 Å². The van der Waals surface area contributed by atoms with E-state index in [9.17, 15) is 9.59 Å². The molecule has 0 aromatic heterocycles. The molecule has 3 rings (SSSR count). The second-order valence-electron chi connectivity index (χ2n) is 6.98. The standard InChI is InChI=1S/C25H26N2O3/c1-3-30-21-14-9-13-20(17-21)24(28)27-23(16-19-11-5-4-6-12-19)25(29)26-22-15-8-7-10-18(22)2/h4-15,17,23H,3,16H2,1-2H3,(H,26,29)(H,27,28). The Morgan fingerprint density at radius 2 is 1.67 bits per heavy atom. The summed E-state index contributed by atoms with van der Waals surface area (Å²) in [6, 6.07) is 23.4. The summed E-state index contributed by atoms with van der Waals surface area (Å²) >= 11 is 0. The molecule has 0 aliphatic rings. The van der Waals surface area contributed by atoms with Gasteiger partial charge < -0.3 is 15.4 Å². The summed E-state index contributed by atoms with van der Waals surface area (Å²) in [6.07, 6.45) is 0.384. The van der Waals surface area contributed by atoms with Gasteiger partial charge in [0.2, 0.25) is 5.91 Å². The van der Waals surface area contributed by atoms with E-state index < -0.39 is 6.04 Å². The van der Waals surface area contributed by atoms with Crippen molar-refractivity contribution < 1.29 is 14.3 Å². The van der Waals surface area contributed by atoms with Gasteiger partial charge in [-0.25, -0.2) is 0 Å². The molecule has 1 unspecified atom stereocenters. The van der Waals surface area contributed by atoms with Gasteiger partial charge in [-0.05, 0) is 49.2 Å². The molecule has 2 amide bonds. The first-order valence-corrected chi connectivity index (χ1v) is 10.0. The molecule has 0 spiro atoms. The van der Waals surface area contributed by atoms with E-state index in [0.29, 0.717) is 24.3 Å². The van der Waals surface area contributed by atoms with Crippen LogP contribution in [0.3, 0.4) is 0 Å². The summed E-state index contributed by atoms with van der Waals surface area (Å²) in [7, 11) is 0. The fourth-order valence-corrected chi connectivity index (χ4v) is 3.13. The molecule has 3 aromatic carbocycles. The average Bonchev–Trinajstić information content (AvgIpc) is 2.76. The third-order valence-corrected chi connectivity index (χ3v) is 4.71. The van der Waals surface area contributed by atoms with Crippen LogP contribution in [0.2, 0.25) is 0 Å². The van der Waals surface area contributed by atoms with E-state index in [1.807, 2.05) is 68.4 Å². The van der Waals surface area contributed by atoms with Crippen molar-refractivity contribution in [3.05, 3.63) is 95.6 Å². The van der Waals surface area contributed by atoms with Gasteiger partial charge in [0.25, 0.3) is 5.91 Å². The van der Waals surface area contributed by atoms with E-state index in [1.165, 1.54) is 0 Å². The highest BCUT2D eigenvalue weighted by molar-refractivity contribution is 6.01. The van der Waals surface area contributed by atoms with Crippen LogP contribution in [0.4, 0.5) is 5.69 Å². The Labute approximate surface area is 177 Å². The quantitative estimate of drug-likeness (QED) is 0.588. The van der Waals surface area contributed by atoms with E-state index in [2.05, 4.69) is 10.6 Å². The lowest BCUT2D eigenvalue weighted by molar-refractivity contribution is -0.118. The molecule has 5 heteroatoms. The van der Waals surface area contributed by atoms with Crippen LogP contribution >= 0.6 is 0 Å². The smallest absolute Gasteiger partial charge is 0.252 e. The van der Waals surface area contributed by atoms with Crippen molar-refractivity contribution >= 4 is 17.5 Å². The van der Waals surface area contributed by atoms with Crippen molar-refractivity contribution in [3.8, 4) is 5.75 Å². The number of ether oxygens (including phenoxy) is 1. The van der Waals surface area contributed by atoms with Crippen molar-refractivity contribution in [1.29, 1.82) is 0 Å². The number of amides is 2. The maximum atomic E-state index is 13.1. The van der Waals surface area contributed by atoms with Crippen molar-refractivity contribution in [2.45, 2.75) is 26.3 Å². The maximum Gasteiger partial charge on any atom is 0.252 e. The van der Waals surface area contributed by atoms with Crippen LogP contribution in [0, 0.1) is 6.92 Å².